The van der Waals surface area contributed by atoms with E-state index >= 15 is 0 Å². The molecule has 0 aliphatic heterocycles. The third-order valence-corrected chi connectivity index (χ3v) is 4.20. The number of halogens is 2. The van der Waals surface area contributed by atoms with E-state index < -0.39 is 0 Å². The van der Waals surface area contributed by atoms with Gasteiger partial charge >= 0.3 is 0 Å². The van der Waals surface area contributed by atoms with Gasteiger partial charge in [0.05, 0.1) is 10.7 Å². The number of hydrogen-bond acceptors (Lipinski definition) is 2. The van der Waals surface area contributed by atoms with Crippen LogP contribution in [0.3, 0.4) is 0 Å². The van der Waals surface area contributed by atoms with Crippen molar-refractivity contribution >= 4 is 33.4 Å². The minimum atomic E-state index is -0.210. The molecule has 0 saturated carbocycles. The maximum Gasteiger partial charge on any atom is 0.269 e. The molecule has 0 atom stereocenters. The Hall–Kier alpha value is -2.11. The number of amides is 1. The van der Waals surface area contributed by atoms with Crippen LogP contribution in [0.2, 0.25) is 5.02 Å². The Balaban J connectivity index is 1.69. The van der Waals surface area contributed by atoms with E-state index in [0.29, 0.717) is 23.0 Å². The highest BCUT2D eigenvalue weighted by atomic mass is 79.9. The topological polar surface area (TPSA) is 57.8 Å². The van der Waals surface area contributed by atoms with Crippen molar-refractivity contribution in [2.75, 3.05) is 0 Å². The molecule has 0 aliphatic carbocycles. The lowest BCUT2D eigenvalue weighted by Crippen LogP contribution is -2.23. The van der Waals surface area contributed by atoms with E-state index in [0.717, 1.165) is 15.6 Å². The fourth-order valence-corrected chi connectivity index (χ4v) is 2.62. The monoisotopic (exact) mass is 389 g/mol. The number of hydrogen-bond donors (Lipinski definition) is 2. The van der Waals surface area contributed by atoms with Gasteiger partial charge in [0.2, 0.25) is 0 Å². The maximum atomic E-state index is 12.2. The zero-order valence-corrected chi connectivity index (χ0v) is 14.4. The van der Waals surface area contributed by atoms with E-state index in [1.165, 1.54) is 0 Å². The molecule has 0 saturated heterocycles. The third-order valence-electron chi connectivity index (χ3n) is 3.34. The van der Waals surface area contributed by atoms with Gasteiger partial charge in [0.15, 0.2) is 0 Å². The number of aromatic amines is 1. The first-order chi connectivity index (χ1) is 11.1. The molecule has 2 N–H and O–H groups in total. The minimum Gasteiger partial charge on any atom is -0.347 e. The van der Waals surface area contributed by atoms with Crippen LogP contribution in [0, 0.1) is 0 Å². The summed E-state index contributed by atoms with van der Waals surface area (Å²) < 4.78 is 1.01. The zero-order chi connectivity index (χ0) is 16.2. The second-order valence-electron chi connectivity index (χ2n) is 4.96. The molecule has 1 heterocycles. The molecule has 0 fully saturated rings. The SMILES string of the molecule is O=C(NCc1ccc(Br)cc1)c1cc(-c2ccccc2Cl)n[nH]1. The molecule has 116 valence electrons. The molecule has 4 nitrogen and oxygen atoms in total. The van der Waals surface area contributed by atoms with Gasteiger partial charge in [0.25, 0.3) is 5.91 Å². The molecule has 0 unspecified atom stereocenters. The second kappa shape index (κ2) is 6.98. The molecular formula is C17H13BrClN3O. The van der Waals surface area contributed by atoms with Crippen LogP contribution in [0.25, 0.3) is 11.3 Å². The summed E-state index contributed by atoms with van der Waals surface area (Å²) in [6, 6.07) is 16.9. The van der Waals surface area contributed by atoms with Crippen molar-refractivity contribution in [3.05, 3.63) is 75.4 Å². The molecular weight excluding hydrogens is 378 g/mol. The highest BCUT2D eigenvalue weighted by molar-refractivity contribution is 9.10. The number of nitrogens with one attached hydrogen (secondary N) is 2. The lowest BCUT2D eigenvalue weighted by molar-refractivity contribution is 0.0946. The predicted octanol–water partition coefficient (Wildman–Crippen LogP) is 4.42. The van der Waals surface area contributed by atoms with Gasteiger partial charge in [-0.2, -0.15) is 5.10 Å². The smallest absolute Gasteiger partial charge is 0.269 e. The highest BCUT2D eigenvalue weighted by Gasteiger charge is 2.12. The standard InChI is InChI=1S/C17H13BrClN3O/c18-12-7-5-11(6-8-12)10-20-17(23)16-9-15(21-22-16)13-3-1-2-4-14(13)19/h1-9H,10H2,(H,20,23)(H,21,22). The van der Waals surface area contributed by atoms with Crippen molar-refractivity contribution in [1.29, 1.82) is 0 Å². The molecule has 0 spiro atoms. The molecule has 0 aliphatic rings. The van der Waals surface area contributed by atoms with Crippen molar-refractivity contribution in [2.45, 2.75) is 6.54 Å². The van der Waals surface area contributed by atoms with Gasteiger partial charge < -0.3 is 5.32 Å². The van der Waals surface area contributed by atoms with Gasteiger partial charge in [-0.3, -0.25) is 9.89 Å². The first-order valence-electron chi connectivity index (χ1n) is 6.96. The van der Waals surface area contributed by atoms with E-state index in [2.05, 4.69) is 31.4 Å². The number of nitrogens with zero attached hydrogens (tertiary/aromatic N) is 1. The van der Waals surface area contributed by atoms with Crippen LogP contribution in [0.1, 0.15) is 16.1 Å². The van der Waals surface area contributed by atoms with Crippen LogP contribution in [-0.4, -0.2) is 16.1 Å². The number of aromatic nitrogens is 2. The number of carbonyl (C=O) groups is 1. The van der Waals surface area contributed by atoms with Gasteiger partial charge in [0.1, 0.15) is 5.69 Å². The molecule has 23 heavy (non-hydrogen) atoms. The fourth-order valence-electron chi connectivity index (χ4n) is 2.12. The second-order valence-corrected chi connectivity index (χ2v) is 6.28. The molecule has 0 radical (unpaired) electrons. The minimum absolute atomic E-state index is 0.210. The summed E-state index contributed by atoms with van der Waals surface area (Å²) in [5.41, 5.74) is 2.85. The number of benzene rings is 2. The summed E-state index contributed by atoms with van der Waals surface area (Å²) in [6.07, 6.45) is 0. The normalized spacial score (nSPS) is 10.5. The average molecular weight is 391 g/mol. The predicted molar refractivity (Wildman–Crippen MR) is 94.3 cm³/mol. The van der Waals surface area contributed by atoms with Crippen LogP contribution in [-0.2, 0) is 6.54 Å². The lowest BCUT2D eigenvalue weighted by atomic mass is 10.1. The Labute approximate surface area is 147 Å². The molecule has 3 aromatic rings. The average Bonchev–Trinajstić information content (AvgIpc) is 3.04. The van der Waals surface area contributed by atoms with Crippen molar-refractivity contribution in [1.82, 2.24) is 15.5 Å². The first kappa shape index (κ1) is 15.8. The summed E-state index contributed by atoms with van der Waals surface area (Å²) in [6.45, 7) is 0.451. The van der Waals surface area contributed by atoms with Gasteiger partial charge in [-0.05, 0) is 29.8 Å². The van der Waals surface area contributed by atoms with Gasteiger partial charge in [-0.1, -0.05) is 57.9 Å². The largest absolute Gasteiger partial charge is 0.347 e. The maximum absolute atomic E-state index is 12.2. The molecule has 2 aromatic carbocycles. The van der Waals surface area contributed by atoms with Gasteiger partial charge in [0, 0.05) is 16.6 Å². The summed E-state index contributed by atoms with van der Waals surface area (Å²) in [4.78, 5) is 12.2. The van der Waals surface area contributed by atoms with Crippen molar-refractivity contribution in [3.8, 4) is 11.3 Å². The van der Waals surface area contributed by atoms with Crippen LogP contribution >= 0.6 is 27.5 Å². The highest BCUT2D eigenvalue weighted by Crippen LogP contribution is 2.26. The summed E-state index contributed by atoms with van der Waals surface area (Å²) >= 11 is 9.52. The Morgan fingerprint density at radius 1 is 1.17 bits per heavy atom. The number of H-pyrrole nitrogens is 1. The quantitative estimate of drug-likeness (QED) is 0.692. The summed E-state index contributed by atoms with van der Waals surface area (Å²) in [5, 5.41) is 10.4. The first-order valence-corrected chi connectivity index (χ1v) is 8.13. The zero-order valence-electron chi connectivity index (χ0n) is 12.0. The van der Waals surface area contributed by atoms with Crippen LogP contribution in [0.5, 0.6) is 0 Å². The van der Waals surface area contributed by atoms with Crippen molar-refractivity contribution in [2.24, 2.45) is 0 Å². The molecule has 6 heteroatoms. The molecule has 1 amide bonds. The van der Waals surface area contributed by atoms with E-state index in [4.69, 9.17) is 11.6 Å². The Morgan fingerprint density at radius 3 is 2.65 bits per heavy atom. The third kappa shape index (κ3) is 3.81. The molecule has 0 bridgehead atoms. The van der Waals surface area contributed by atoms with Crippen LogP contribution in [0.4, 0.5) is 0 Å². The van der Waals surface area contributed by atoms with Gasteiger partial charge in [-0.25, -0.2) is 0 Å². The van der Waals surface area contributed by atoms with Crippen LogP contribution < -0.4 is 5.32 Å². The lowest BCUT2D eigenvalue weighted by Gasteiger charge is -2.03. The van der Waals surface area contributed by atoms with Crippen molar-refractivity contribution < 1.29 is 4.79 Å². The number of rotatable bonds is 4. The van der Waals surface area contributed by atoms with E-state index in [9.17, 15) is 4.79 Å². The van der Waals surface area contributed by atoms with E-state index in [1.807, 2.05) is 42.5 Å². The van der Waals surface area contributed by atoms with E-state index in [1.54, 1.807) is 12.1 Å². The molecule has 3 rings (SSSR count). The fraction of sp³-hybridized carbons (Fsp3) is 0.0588. The molecule has 1 aromatic heterocycles. The Kier molecular flexibility index (Phi) is 4.79. The summed E-state index contributed by atoms with van der Waals surface area (Å²) in [7, 11) is 0. The van der Waals surface area contributed by atoms with E-state index in [-0.39, 0.29) is 5.91 Å². The number of carbonyl (C=O) groups excluding carboxylic acids is 1. The van der Waals surface area contributed by atoms with Crippen molar-refractivity contribution in [3.63, 3.8) is 0 Å². The van der Waals surface area contributed by atoms with Gasteiger partial charge in [-0.15, -0.1) is 0 Å². The van der Waals surface area contributed by atoms with Crippen LogP contribution in [0.15, 0.2) is 59.1 Å². The summed E-state index contributed by atoms with van der Waals surface area (Å²) in [5.74, 6) is -0.210. The Bertz CT molecular complexity index is 830. The Morgan fingerprint density at radius 2 is 1.91 bits per heavy atom.